The number of halogens is 2. The lowest BCUT2D eigenvalue weighted by Gasteiger charge is -2.17. The van der Waals surface area contributed by atoms with Crippen LogP contribution < -0.4 is 16.2 Å². The summed E-state index contributed by atoms with van der Waals surface area (Å²) in [5.41, 5.74) is 1.17. The standard InChI is InChI=1S/C29H22F2N4O5/c1-32-29(39)26-21-12-20(10-11-24(21)40-27(26)17-4-8-19(31)9-5-17)35-14-22(33-13-25(35)37)28(38)34-23(15-36)16-2-6-18(30)7-3-16/h2-14,23,36H,15H2,1H3,(H,32,39)(H,34,38)/t23-/m1/s1. The van der Waals surface area contributed by atoms with Crippen molar-refractivity contribution >= 4 is 22.8 Å². The van der Waals surface area contributed by atoms with Gasteiger partial charge in [-0.05, 0) is 60.2 Å². The monoisotopic (exact) mass is 544 g/mol. The molecule has 3 aromatic carbocycles. The zero-order valence-corrected chi connectivity index (χ0v) is 21.0. The third-order valence-electron chi connectivity index (χ3n) is 6.31. The van der Waals surface area contributed by atoms with Gasteiger partial charge in [-0.15, -0.1) is 0 Å². The minimum Gasteiger partial charge on any atom is -0.455 e. The van der Waals surface area contributed by atoms with Crippen LogP contribution in [0.4, 0.5) is 8.78 Å². The van der Waals surface area contributed by atoms with Gasteiger partial charge >= 0.3 is 0 Å². The van der Waals surface area contributed by atoms with Crippen molar-refractivity contribution in [3.8, 4) is 17.0 Å². The van der Waals surface area contributed by atoms with Gasteiger partial charge in [-0.2, -0.15) is 0 Å². The number of carbonyl (C=O) groups excluding carboxylic acids is 2. The maximum atomic E-state index is 13.5. The van der Waals surface area contributed by atoms with E-state index in [0.717, 1.165) is 6.20 Å². The molecular formula is C29H22F2N4O5. The van der Waals surface area contributed by atoms with E-state index in [4.69, 9.17) is 4.42 Å². The number of nitrogens with one attached hydrogen (secondary N) is 2. The summed E-state index contributed by atoms with van der Waals surface area (Å²) in [5.74, 6) is -1.80. The molecule has 0 spiro atoms. The molecule has 0 fully saturated rings. The van der Waals surface area contributed by atoms with E-state index in [1.54, 1.807) is 18.2 Å². The Morgan fingerprint density at radius 1 is 1.00 bits per heavy atom. The Kier molecular flexibility index (Phi) is 7.21. The van der Waals surface area contributed by atoms with Gasteiger partial charge < -0.3 is 20.2 Å². The van der Waals surface area contributed by atoms with Gasteiger partial charge in [-0.25, -0.2) is 13.8 Å². The number of nitrogens with zero attached hydrogens (tertiary/aromatic N) is 2. The zero-order chi connectivity index (χ0) is 28.4. The third-order valence-corrected chi connectivity index (χ3v) is 6.31. The minimum atomic E-state index is -0.836. The molecule has 5 rings (SSSR count). The third kappa shape index (κ3) is 5.09. The molecule has 3 N–H and O–H groups in total. The SMILES string of the molecule is CNC(=O)c1c(-c2ccc(F)cc2)oc2ccc(-n3cc(C(=O)N[C@H](CO)c4ccc(F)cc4)ncc3=O)cc12. The number of aromatic nitrogens is 2. The normalized spacial score (nSPS) is 11.8. The number of rotatable bonds is 7. The second-order valence-electron chi connectivity index (χ2n) is 8.81. The van der Waals surface area contributed by atoms with E-state index in [0.29, 0.717) is 27.8 Å². The van der Waals surface area contributed by atoms with E-state index in [1.165, 1.54) is 66.3 Å². The topological polar surface area (TPSA) is 126 Å². The van der Waals surface area contributed by atoms with Gasteiger partial charge in [-0.3, -0.25) is 19.0 Å². The molecule has 11 heteroatoms. The van der Waals surface area contributed by atoms with Crippen molar-refractivity contribution in [1.29, 1.82) is 0 Å². The molecule has 0 saturated heterocycles. The van der Waals surface area contributed by atoms with Crippen molar-refractivity contribution in [3.63, 3.8) is 0 Å². The van der Waals surface area contributed by atoms with E-state index < -0.39 is 41.7 Å². The Bertz CT molecular complexity index is 1780. The van der Waals surface area contributed by atoms with Crippen LogP contribution in [0.5, 0.6) is 0 Å². The first-order valence-corrected chi connectivity index (χ1v) is 12.1. The lowest BCUT2D eigenvalue weighted by Crippen LogP contribution is -2.32. The molecule has 0 aliphatic carbocycles. The second-order valence-corrected chi connectivity index (χ2v) is 8.81. The van der Waals surface area contributed by atoms with Crippen LogP contribution in [0.2, 0.25) is 0 Å². The predicted molar refractivity (Wildman–Crippen MR) is 142 cm³/mol. The van der Waals surface area contributed by atoms with E-state index in [9.17, 15) is 28.3 Å². The average molecular weight is 545 g/mol. The molecule has 5 aromatic rings. The summed E-state index contributed by atoms with van der Waals surface area (Å²) in [6.07, 6.45) is 2.21. The van der Waals surface area contributed by atoms with Gasteiger partial charge in [0, 0.05) is 29.9 Å². The average Bonchev–Trinajstić information content (AvgIpc) is 3.35. The van der Waals surface area contributed by atoms with Crippen molar-refractivity contribution in [1.82, 2.24) is 20.2 Å². The first-order chi connectivity index (χ1) is 19.3. The summed E-state index contributed by atoms with van der Waals surface area (Å²) in [7, 11) is 1.46. The molecule has 0 radical (unpaired) electrons. The predicted octanol–water partition coefficient (Wildman–Crippen LogP) is 3.75. The lowest BCUT2D eigenvalue weighted by molar-refractivity contribution is 0.0909. The van der Waals surface area contributed by atoms with Crippen LogP contribution in [0.1, 0.15) is 32.5 Å². The Morgan fingerprint density at radius 3 is 2.33 bits per heavy atom. The van der Waals surface area contributed by atoms with Crippen LogP contribution in [-0.2, 0) is 0 Å². The summed E-state index contributed by atoms with van der Waals surface area (Å²) in [6.45, 7) is -0.452. The number of furan rings is 1. The number of carbonyl (C=O) groups is 2. The highest BCUT2D eigenvalue weighted by Crippen LogP contribution is 2.35. The maximum Gasteiger partial charge on any atom is 0.273 e. The van der Waals surface area contributed by atoms with E-state index in [-0.39, 0.29) is 17.0 Å². The Morgan fingerprint density at radius 2 is 1.68 bits per heavy atom. The molecule has 0 saturated carbocycles. The number of hydrogen-bond acceptors (Lipinski definition) is 6. The van der Waals surface area contributed by atoms with Gasteiger partial charge in [0.25, 0.3) is 17.4 Å². The molecule has 0 aliphatic rings. The molecule has 1 atom stereocenters. The molecule has 2 amide bonds. The molecule has 9 nitrogen and oxygen atoms in total. The maximum absolute atomic E-state index is 13.5. The van der Waals surface area contributed by atoms with Gasteiger partial charge in [-0.1, -0.05) is 12.1 Å². The van der Waals surface area contributed by atoms with Gasteiger partial charge in [0.05, 0.1) is 24.4 Å². The van der Waals surface area contributed by atoms with Gasteiger partial charge in [0.2, 0.25) is 0 Å². The summed E-state index contributed by atoms with van der Waals surface area (Å²) in [5, 5.41) is 15.3. The highest BCUT2D eigenvalue weighted by Gasteiger charge is 2.23. The molecule has 0 bridgehead atoms. The number of benzene rings is 3. The van der Waals surface area contributed by atoms with Crippen LogP contribution in [0.15, 0.2) is 88.3 Å². The van der Waals surface area contributed by atoms with Crippen molar-refractivity contribution < 1.29 is 27.9 Å². The molecule has 2 heterocycles. The zero-order valence-electron chi connectivity index (χ0n) is 21.0. The Labute approximate surface area is 225 Å². The molecule has 0 aliphatic heterocycles. The number of fused-ring (bicyclic) bond motifs is 1. The minimum absolute atomic E-state index is 0.119. The van der Waals surface area contributed by atoms with Crippen LogP contribution in [0.25, 0.3) is 28.0 Å². The van der Waals surface area contributed by atoms with E-state index in [2.05, 4.69) is 15.6 Å². The Hall–Kier alpha value is -5.16. The largest absolute Gasteiger partial charge is 0.455 e. The smallest absolute Gasteiger partial charge is 0.273 e. The summed E-state index contributed by atoms with van der Waals surface area (Å²) in [6, 6.07) is 14.7. The van der Waals surface area contributed by atoms with Crippen molar-refractivity contribution in [3.05, 3.63) is 118 Å². The summed E-state index contributed by atoms with van der Waals surface area (Å²) >= 11 is 0. The first kappa shape index (κ1) is 26.4. The summed E-state index contributed by atoms with van der Waals surface area (Å²) < 4.78 is 33.9. The van der Waals surface area contributed by atoms with Crippen molar-refractivity contribution in [2.45, 2.75) is 6.04 Å². The summed E-state index contributed by atoms with van der Waals surface area (Å²) in [4.78, 5) is 42.5. The molecule has 202 valence electrons. The van der Waals surface area contributed by atoms with Crippen LogP contribution in [-0.4, -0.2) is 40.1 Å². The van der Waals surface area contributed by atoms with E-state index >= 15 is 0 Å². The van der Waals surface area contributed by atoms with Gasteiger partial charge in [0.1, 0.15) is 28.7 Å². The fraction of sp³-hybridized carbons (Fsp3) is 0.103. The number of aliphatic hydroxyl groups is 1. The van der Waals surface area contributed by atoms with Crippen LogP contribution >= 0.6 is 0 Å². The molecule has 40 heavy (non-hydrogen) atoms. The highest BCUT2D eigenvalue weighted by molar-refractivity contribution is 6.11. The van der Waals surface area contributed by atoms with E-state index in [1.807, 2.05) is 0 Å². The molecule has 0 unspecified atom stereocenters. The van der Waals surface area contributed by atoms with Crippen LogP contribution in [0, 0.1) is 11.6 Å². The fourth-order valence-electron chi connectivity index (χ4n) is 4.28. The highest BCUT2D eigenvalue weighted by atomic mass is 19.1. The quantitative estimate of drug-likeness (QED) is 0.287. The molecule has 2 aromatic heterocycles. The van der Waals surface area contributed by atoms with Crippen molar-refractivity contribution in [2.75, 3.05) is 13.7 Å². The molecular weight excluding hydrogens is 522 g/mol. The Balaban J connectivity index is 1.53. The fourth-order valence-corrected chi connectivity index (χ4v) is 4.28. The van der Waals surface area contributed by atoms with Gasteiger partial charge in [0.15, 0.2) is 0 Å². The number of hydrogen-bond donors (Lipinski definition) is 3. The first-order valence-electron chi connectivity index (χ1n) is 12.1. The van der Waals surface area contributed by atoms with Crippen molar-refractivity contribution in [2.24, 2.45) is 0 Å². The number of aliphatic hydroxyl groups excluding tert-OH is 1. The second kappa shape index (κ2) is 10.9. The number of amides is 2. The van der Waals surface area contributed by atoms with Crippen LogP contribution in [0.3, 0.4) is 0 Å². The lowest BCUT2D eigenvalue weighted by atomic mass is 10.0.